The number of unbranched alkanes of at least 4 members (excludes halogenated alkanes) is 8. The van der Waals surface area contributed by atoms with E-state index >= 15 is 0 Å². The fourth-order valence-corrected chi connectivity index (χ4v) is 4.50. The lowest BCUT2D eigenvalue weighted by Gasteiger charge is -2.39. The first-order valence-corrected chi connectivity index (χ1v) is 16.1. The Labute approximate surface area is 253 Å². The Morgan fingerprint density at radius 3 is 2.17 bits per heavy atom. The number of hydrogen-bond donors (Lipinski definition) is 4. The second kappa shape index (κ2) is 25.9. The molecule has 0 radical (unpaired) electrons. The summed E-state index contributed by atoms with van der Waals surface area (Å²) in [5.41, 5.74) is 0. The lowest BCUT2D eigenvalue weighted by Crippen LogP contribution is -2.59. The third-order valence-corrected chi connectivity index (χ3v) is 7.07. The van der Waals surface area contributed by atoms with E-state index in [-0.39, 0.29) is 19.2 Å². The van der Waals surface area contributed by atoms with Gasteiger partial charge in [0.25, 0.3) is 0 Å². The van der Waals surface area contributed by atoms with Gasteiger partial charge in [0.05, 0.1) is 19.8 Å². The largest absolute Gasteiger partial charge is 0.457 e. The van der Waals surface area contributed by atoms with E-state index in [1.54, 1.807) is 0 Å². The van der Waals surface area contributed by atoms with Gasteiger partial charge in [0.1, 0.15) is 30.5 Å². The average Bonchev–Trinajstić information content (AvgIpc) is 2.99. The molecule has 1 aliphatic rings. The first-order chi connectivity index (χ1) is 20.4. The molecule has 4 N–H and O–H groups in total. The third-order valence-electron chi connectivity index (χ3n) is 7.07. The van der Waals surface area contributed by atoms with Crippen LogP contribution in [-0.4, -0.2) is 89.6 Å². The van der Waals surface area contributed by atoms with Crippen LogP contribution >= 0.6 is 0 Å². The van der Waals surface area contributed by atoms with E-state index in [1.807, 2.05) is 0 Å². The van der Waals surface area contributed by atoms with Crippen LogP contribution < -0.4 is 0 Å². The molecule has 0 aromatic rings. The molecule has 6 unspecified atom stereocenters. The molecule has 1 aliphatic heterocycles. The van der Waals surface area contributed by atoms with Crippen LogP contribution in [0.1, 0.15) is 104 Å². The van der Waals surface area contributed by atoms with Crippen LogP contribution in [0.2, 0.25) is 0 Å². The summed E-state index contributed by atoms with van der Waals surface area (Å²) in [5.74, 6) is -0.339. The average molecular weight is 599 g/mol. The van der Waals surface area contributed by atoms with Crippen molar-refractivity contribution in [2.24, 2.45) is 0 Å². The predicted molar refractivity (Wildman–Crippen MR) is 164 cm³/mol. The van der Waals surface area contributed by atoms with E-state index in [9.17, 15) is 25.2 Å². The van der Waals surface area contributed by atoms with Crippen molar-refractivity contribution in [1.29, 1.82) is 0 Å². The number of esters is 1. The SMILES string of the molecule is CC/C=C\C/C=C\C/C=C\CCCCCCOCC(COC1OC(CO)C(O)C(O)C1O)OC(=O)CCCCCCC. The molecule has 0 aromatic heterocycles. The highest BCUT2D eigenvalue weighted by Gasteiger charge is 2.44. The van der Waals surface area contributed by atoms with Crippen molar-refractivity contribution in [3.05, 3.63) is 36.5 Å². The lowest BCUT2D eigenvalue weighted by molar-refractivity contribution is -0.305. The Morgan fingerprint density at radius 1 is 0.786 bits per heavy atom. The number of aliphatic hydroxyl groups is 4. The standard InChI is InChI=1S/C33H58O9/c1-3-5-7-9-10-11-12-13-14-15-16-17-19-21-23-39-25-27(41-29(35)22-20-18-8-6-4-2)26-40-33-32(38)31(37)30(36)28(24-34)42-33/h5,7,10-11,13-14,27-28,30-34,36-38H,3-4,6,8-9,12,15-26H2,1-2H3/b7-5-,11-10-,14-13-. The smallest absolute Gasteiger partial charge is 0.306 e. The van der Waals surface area contributed by atoms with Crippen molar-refractivity contribution in [2.75, 3.05) is 26.4 Å². The normalized spacial score (nSPS) is 23.8. The maximum Gasteiger partial charge on any atom is 0.306 e. The number of carbonyl (C=O) groups is 1. The highest BCUT2D eigenvalue weighted by Crippen LogP contribution is 2.22. The summed E-state index contributed by atoms with van der Waals surface area (Å²) in [5, 5.41) is 39.6. The Balaban J connectivity index is 2.36. The molecule has 9 nitrogen and oxygen atoms in total. The van der Waals surface area contributed by atoms with Gasteiger partial charge in [-0.05, 0) is 44.9 Å². The Morgan fingerprint density at radius 2 is 1.45 bits per heavy atom. The van der Waals surface area contributed by atoms with Crippen LogP contribution in [0.25, 0.3) is 0 Å². The van der Waals surface area contributed by atoms with Gasteiger partial charge in [0.15, 0.2) is 6.29 Å². The third kappa shape index (κ3) is 18.2. The van der Waals surface area contributed by atoms with Gasteiger partial charge in [-0.3, -0.25) is 4.79 Å². The number of aliphatic hydroxyl groups excluding tert-OH is 4. The number of hydrogen-bond acceptors (Lipinski definition) is 9. The van der Waals surface area contributed by atoms with E-state index < -0.39 is 43.4 Å². The summed E-state index contributed by atoms with van der Waals surface area (Å²) in [6.07, 6.45) is 19.3. The van der Waals surface area contributed by atoms with Crippen molar-refractivity contribution in [1.82, 2.24) is 0 Å². The second-order valence-corrected chi connectivity index (χ2v) is 10.9. The second-order valence-electron chi connectivity index (χ2n) is 10.9. The van der Waals surface area contributed by atoms with Gasteiger partial charge in [-0.15, -0.1) is 0 Å². The topological polar surface area (TPSA) is 135 Å². The molecule has 0 bridgehead atoms. The molecular formula is C33H58O9. The number of allylic oxidation sites excluding steroid dienone is 6. The Kier molecular flexibility index (Phi) is 23.7. The molecule has 0 saturated carbocycles. The quantitative estimate of drug-likeness (QED) is 0.0657. The van der Waals surface area contributed by atoms with E-state index in [2.05, 4.69) is 50.3 Å². The fourth-order valence-electron chi connectivity index (χ4n) is 4.50. The van der Waals surface area contributed by atoms with Gasteiger partial charge in [-0.25, -0.2) is 0 Å². The van der Waals surface area contributed by atoms with Gasteiger partial charge in [0, 0.05) is 13.0 Å². The molecule has 1 saturated heterocycles. The molecular weight excluding hydrogens is 540 g/mol. The van der Waals surface area contributed by atoms with Crippen molar-refractivity contribution in [2.45, 2.75) is 141 Å². The van der Waals surface area contributed by atoms with Gasteiger partial charge in [-0.2, -0.15) is 0 Å². The van der Waals surface area contributed by atoms with E-state index in [0.29, 0.717) is 13.0 Å². The Bertz CT molecular complexity index is 737. The summed E-state index contributed by atoms with van der Waals surface area (Å²) in [6, 6.07) is 0. The maximum atomic E-state index is 12.4. The van der Waals surface area contributed by atoms with Crippen molar-refractivity contribution in [3.8, 4) is 0 Å². The van der Waals surface area contributed by atoms with Crippen LogP contribution in [0.3, 0.4) is 0 Å². The zero-order valence-corrected chi connectivity index (χ0v) is 26.0. The molecule has 9 heteroatoms. The molecule has 244 valence electrons. The van der Waals surface area contributed by atoms with Crippen LogP contribution in [0.15, 0.2) is 36.5 Å². The van der Waals surface area contributed by atoms with Gasteiger partial charge >= 0.3 is 5.97 Å². The zero-order valence-electron chi connectivity index (χ0n) is 26.0. The van der Waals surface area contributed by atoms with Crippen LogP contribution in [0, 0.1) is 0 Å². The molecule has 1 heterocycles. The molecule has 0 aromatic carbocycles. The summed E-state index contributed by atoms with van der Waals surface area (Å²) in [4.78, 5) is 12.4. The molecule has 1 rings (SSSR count). The van der Waals surface area contributed by atoms with Gasteiger partial charge in [-0.1, -0.05) is 88.8 Å². The summed E-state index contributed by atoms with van der Waals surface area (Å²) < 4.78 is 22.4. The molecule has 0 aliphatic carbocycles. The predicted octanol–water partition coefficient (Wildman–Crippen LogP) is 4.90. The first-order valence-electron chi connectivity index (χ1n) is 16.1. The molecule has 42 heavy (non-hydrogen) atoms. The summed E-state index contributed by atoms with van der Waals surface area (Å²) in [7, 11) is 0. The first kappa shape index (κ1) is 38.4. The monoisotopic (exact) mass is 598 g/mol. The zero-order chi connectivity index (χ0) is 30.8. The minimum absolute atomic E-state index is 0.124. The highest BCUT2D eigenvalue weighted by molar-refractivity contribution is 5.69. The van der Waals surface area contributed by atoms with Gasteiger partial charge < -0.3 is 39.4 Å². The number of rotatable bonds is 25. The minimum atomic E-state index is -1.54. The number of ether oxygens (including phenoxy) is 4. The maximum absolute atomic E-state index is 12.4. The van der Waals surface area contributed by atoms with E-state index in [0.717, 1.165) is 83.5 Å². The molecule has 6 atom stereocenters. The van der Waals surface area contributed by atoms with Crippen LogP contribution in [0.4, 0.5) is 0 Å². The Hall–Kier alpha value is -1.59. The highest BCUT2D eigenvalue weighted by atomic mass is 16.7. The van der Waals surface area contributed by atoms with Crippen molar-refractivity contribution < 1.29 is 44.2 Å². The summed E-state index contributed by atoms with van der Waals surface area (Å²) in [6.45, 7) is 4.26. The van der Waals surface area contributed by atoms with Gasteiger partial charge in [0.2, 0.25) is 0 Å². The summed E-state index contributed by atoms with van der Waals surface area (Å²) >= 11 is 0. The van der Waals surface area contributed by atoms with E-state index in [4.69, 9.17) is 18.9 Å². The molecule has 0 spiro atoms. The van der Waals surface area contributed by atoms with Crippen LogP contribution in [-0.2, 0) is 23.7 Å². The molecule has 0 amide bonds. The fraction of sp³-hybridized carbons (Fsp3) is 0.788. The lowest BCUT2D eigenvalue weighted by atomic mass is 9.99. The van der Waals surface area contributed by atoms with Crippen molar-refractivity contribution >= 4 is 5.97 Å². The van der Waals surface area contributed by atoms with E-state index in [1.165, 1.54) is 0 Å². The van der Waals surface area contributed by atoms with Crippen LogP contribution in [0.5, 0.6) is 0 Å². The number of carbonyl (C=O) groups excluding carboxylic acids is 1. The minimum Gasteiger partial charge on any atom is -0.457 e. The molecule has 1 fully saturated rings. The van der Waals surface area contributed by atoms with Crippen molar-refractivity contribution in [3.63, 3.8) is 0 Å².